The second-order valence-electron chi connectivity index (χ2n) is 7.79. The van der Waals surface area contributed by atoms with E-state index < -0.39 is 0 Å². The highest BCUT2D eigenvalue weighted by molar-refractivity contribution is 5.84. The van der Waals surface area contributed by atoms with Crippen molar-refractivity contribution in [3.8, 4) is 5.75 Å². The topological polar surface area (TPSA) is 36.6 Å². The van der Waals surface area contributed by atoms with Crippen LogP contribution in [0.1, 0.15) is 43.9 Å². The molecule has 3 nitrogen and oxygen atoms in total. The number of furan rings is 1. The Bertz CT molecular complexity index is 749. The number of aromatic hydroxyl groups is 1. The fourth-order valence-electron chi connectivity index (χ4n) is 5.60. The van der Waals surface area contributed by atoms with Crippen molar-refractivity contribution < 1.29 is 9.52 Å². The van der Waals surface area contributed by atoms with Gasteiger partial charge in [0, 0.05) is 35.5 Å². The lowest BCUT2D eigenvalue weighted by Gasteiger charge is -2.53. The average molecular weight is 297 g/mol. The molecule has 6 atom stereocenters. The molecule has 0 spiro atoms. The lowest BCUT2D eigenvalue weighted by molar-refractivity contribution is -0.0313. The molecule has 0 amide bonds. The van der Waals surface area contributed by atoms with E-state index in [-0.39, 0.29) is 0 Å². The van der Waals surface area contributed by atoms with Gasteiger partial charge in [-0.15, -0.1) is 0 Å². The molecule has 3 heteroatoms. The smallest absolute Gasteiger partial charge is 0.134 e. The van der Waals surface area contributed by atoms with Crippen LogP contribution in [0.5, 0.6) is 5.75 Å². The van der Waals surface area contributed by atoms with Crippen LogP contribution in [-0.4, -0.2) is 28.6 Å². The third-order valence-corrected chi connectivity index (χ3v) is 6.35. The highest BCUT2D eigenvalue weighted by atomic mass is 16.3. The molecule has 2 saturated heterocycles. The summed E-state index contributed by atoms with van der Waals surface area (Å²) in [5.74, 6) is 3.67. The zero-order valence-corrected chi connectivity index (χ0v) is 13.2. The van der Waals surface area contributed by atoms with E-state index in [0.29, 0.717) is 23.8 Å². The van der Waals surface area contributed by atoms with Crippen LogP contribution in [-0.2, 0) is 6.42 Å². The van der Waals surface area contributed by atoms with Crippen molar-refractivity contribution in [1.82, 2.24) is 4.90 Å². The summed E-state index contributed by atoms with van der Waals surface area (Å²) in [5, 5.41) is 11.0. The first-order chi connectivity index (χ1) is 10.6. The molecule has 1 aliphatic carbocycles. The number of hydrogen-bond acceptors (Lipinski definition) is 3. The monoisotopic (exact) mass is 297 g/mol. The molecule has 2 aromatic rings. The average Bonchev–Trinajstić information content (AvgIpc) is 2.81. The summed E-state index contributed by atoms with van der Waals surface area (Å²) < 4.78 is 6.32. The Labute approximate surface area is 130 Å². The van der Waals surface area contributed by atoms with Gasteiger partial charge in [0.25, 0.3) is 0 Å². The van der Waals surface area contributed by atoms with E-state index in [9.17, 15) is 5.11 Å². The predicted octanol–water partition coefficient (Wildman–Crippen LogP) is 3.90. The van der Waals surface area contributed by atoms with Crippen LogP contribution in [0, 0.1) is 11.8 Å². The van der Waals surface area contributed by atoms with E-state index in [4.69, 9.17) is 4.42 Å². The second-order valence-corrected chi connectivity index (χ2v) is 7.79. The molecule has 4 aliphatic rings. The van der Waals surface area contributed by atoms with Gasteiger partial charge in [0.1, 0.15) is 17.1 Å². The Morgan fingerprint density at radius 2 is 2.09 bits per heavy atom. The Morgan fingerprint density at radius 1 is 1.23 bits per heavy atom. The highest BCUT2D eigenvalue weighted by Gasteiger charge is 2.50. The molecule has 1 N–H and O–H groups in total. The van der Waals surface area contributed by atoms with Crippen LogP contribution in [0.25, 0.3) is 11.0 Å². The van der Waals surface area contributed by atoms with Gasteiger partial charge >= 0.3 is 0 Å². The van der Waals surface area contributed by atoms with E-state index in [1.807, 2.05) is 12.1 Å². The summed E-state index contributed by atoms with van der Waals surface area (Å²) in [5.41, 5.74) is 2.29. The van der Waals surface area contributed by atoms with Crippen LogP contribution in [0.2, 0.25) is 0 Å². The van der Waals surface area contributed by atoms with Crippen LogP contribution in [0.3, 0.4) is 0 Å². The van der Waals surface area contributed by atoms with Crippen molar-refractivity contribution in [3.63, 3.8) is 0 Å². The number of nitrogens with zero attached hydrogens (tertiary/aromatic N) is 1. The summed E-state index contributed by atoms with van der Waals surface area (Å²) in [6.45, 7) is 6.05. The minimum absolute atomic E-state index is 0.339. The SMILES string of the molecule is C[C@H]1C[C@H]2C[C@H]3c4oc5ccc(O)cc5c4C[C@H](C)N(C2)C13. The van der Waals surface area contributed by atoms with E-state index in [1.54, 1.807) is 6.07 Å². The molecule has 116 valence electrons. The molecule has 6 rings (SSSR count). The van der Waals surface area contributed by atoms with Gasteiger partial charge in [0.15, 0.2) is 0 Å². The zero-order valence-electron chi connectivity index (χ0n) is 13.2. The quantitative estimate of drug-likeness (QED) is 0.801. The number of hydrogen-bond donors (Lipinski definition) is 1. The molecule has 1 saturated carbocycles. The molecular formula is C19H23NO2. The first-order valence-electron chi connectivity index (χ1n) is 8.62. The van der Waals surface area contributed by atoms with Crippen molar-refractivity contribution in [2.45, 2.75) is 51.1 Å². The van der Waals surface area contributed by atoms with Crippen LogP contribution in [0.15, 0.2) is 22.6 Å². The van der Waals surface area contributed by atoms with E-state index >= 15 is 0 Å². The standard InChI is InChI=1S/C19H23NO2/c1-10-5-12-7-16-18(10)20(9-12)11(2)6-15-14-8-13(21)3-4-17(14)22-19(15)16/h3-4,8,10-12,16,18,21H,5-7,9H2,1-2H3/t10-,11-,12-,16+,18?/m0/s1. The van der Waals surface area contributed by atoms with Gasteiger partial charge in [0.05, 0.1) is 0 Å². The maximum Gasteiger partial charge on any atom is 0.134 e. The molecule has 0 radical (unpaired) electrons. The molecule has 3 fully saturated rings. The summed E-state index contributed by atoms with van der Waals surface area (Å²) in [4.78, 5) is 2.75. The lowest BCUT2D eigenvalue weighted by atomic mass is 9.67. The molecule has 1 aromatic heterocycles. The van der Waals surface area contributed by atoms with Gasteiger partial charge < -0.3 is 9.52 Å². The van der Waals surface area contributed by atoms with Crippen molar-refractivity contribution >= 4 is 11.0 Å². The summed E-state index contributed by atoms with van der Waals surface area (Å²) in [7, 11) is 0. The molecule has 22 heavy (non-hydrogen) atoms. The largest absolute Gasteiger partial charge is 0.508 e. The van der Waals surface area contributed by atoms with Gasteiger partial charge in [-0.1, -0.05) is 6.92 Å². The molecule has 4 heterocycles. The number of piperidine rings is 2. The summed E-state index contributed by atoms with van der Waals surface area (Å²) in [6, 6.07) is 6.73. The fraction of sp³-hybridized carbons (Fsp3) is 0.579. The van der Waals surface area contributed by atoms with Crippen molar-refractivity contribution in [2.24, 2.45) is 11.8 Å². The highest BCUT2D eigenvalue weighted by Crippen LogP contribution is 2.52. The van der Waals surface area contributed by atoms with Crippen LogP contribution >= 0.6 is 0 Å². The van der Waals surface area contributed by atoms with Gasteiger partial charge in [-0.2, -0.15) is 0 Å². The molecule has 3 aliphatic heterocycles. The zero-order chi connectivity index (χ0) is 15.0. The number of fused-ring (bicyclic) bond motifs is 4. The summed E-state index contributed by atoms with van der Waals surface area (Å²) >= 11 is 0. The number of rotatable bonds is 0. The van der Waals surface area contributed by atoms with Gasteiger partial charge in [-0.25, -0.2) is 0 Å². The number of benzene rings is 1. The van der Waals surface area contributed by atoms with Gasteiger partial charge in [-0.05, 0) is 56.2 Å². The van der Waals surface area contributed by atoms with Crippen LogP contribution < -0.4 is 0 Å². The Kier molecular flexibility index (Phi) is 2.53. The minimum atomic E-state index is 0.339. The third kappa shape index (κ3) is 1.60. The fourth-order valence-corrected chi connectivity index (χ4v) is 5.60. The molecule has 4 bridgehead atoms. The minimum Gasteiger partial charge on any atom is -0.508 e. The van der Waals surface area contributed by atoms with Crippen molar-refractivity contribution in [1.29, 1.82) is 0 Å². The second kappa shape index (κ2) is 4.29. The summed E-state index contributed by atoms with van der Waals surface area (Å²) in [6.07, 6.45) is 3.69. The molecule has 1 aromatic carbocycles. The van der Waals surface area contributed by atoms with E-state index in [2.05, 4.69) is 18.7 Å². The maximum absolute atomic E-state index is 9.87. The van der Waals surface area contributed by atoms with Gasteiger partial charge in [0.2, 0.25) is 0 Å². The third-order valence-electron chi connectivity index (χ3n) is 6.35. The van der Waals surface area contributed by atoms with E-state index in [0.717, 1.165) is 29.2 Å². The normalized spacial score (nSPS) is 39.7. The number of phenols is 1. The lowest BCUT2D eigenvalue weighted by Crippen LogP contribution is -2.58. The maximum atomic E-state index is 9.87. The first-order valence-corrected chi connectivity index (χ1v) is 8.62. The Hall–Kier alpha value is -1.48. The molecule has 2 unspecified atom stereocenters. The molecular weight excluding hydrogens is 274 g/mol. The first kappa shape index (κ1) is 13.0. The van der Waals surface area contributed by atoms with E-state index in [1.165, 1.54) is 30.7 Å². The number of phenolic OH excluding ortho intramolecular Hbond substituents is 1. The van der Waals surface area contributed by atoms with Gasteiger partial charge in [-0.3, -0.25) is 4.90 Å². The Morgan fingerprint density at radius 3 is 2.91 bits per heavy atom. The Balaban J connectivity index is 1.74. The predicted molar refractivity (Wildman–Crippen MR) is 86.2 cm³/mol. The van der Waals surface area contributed by atoms with Crippen LogP contribution in [0.4, 0.5) is 0 Å². The van der Waals surface area contributed by atoms with Crippen molar-refractivity contribution in [2.75, 3.05) is 6.54 Å². The van der Waals surface area contributed by atoms with Crippen molar-refractivity contribution in [3.05, 3.63) is 29.5 Å².